The van der Waals surface area contributed by atoms with Crippen molar-refractivity contribution in [1.82, 2.24) is 4.90 Å². The molecule has 0 atom stereocenters. The lowest BCUT2D eigenvalue weighted by Gasteiger charge is -2.24. The minimum atomic E-state index is -0.472. The number of rotatable bonds is 5. The van der Waals surface area contributed by atoms with E-state index in [4.69, 9.17) is 9.47 Å². The summed E-state index contributed by atoms with van der Waals surface area (Å²) < 4.78 is 11.2. The maximum absolute atomic E-state index is 11.9. The Morgan fingerprint density at radius 3 is 2.32 bits per heavy atom. The molecular formula is C21H27NO3. The summed E-state index contributed by atoms with van der Waals surface area (Å²) in [4.78, 5) is 13.5. The molecule has 2 aromatic rings. The van der Waals surface area contributed by atoms with Gasteiger partial charge in [-0.2, -0.15) is 0 Å². The van der Waals surface area contributed by atoms with Crippen molar-refractivity contribution >= 4 is 6.09 Å². The molecular weight excluding hydrogens is 314 g/mol. The van der Waals surface area contributed by atoms with E-state index in [2.05, 4.69) is 0 Å². The number of likely N-dealkylation sites (N-methyl/N-ethyl adjacent to an activating group) is 1. The van der Waals surface area contributed by atoms with E-state index in [0.29, 0.717) is 6.54 Å². The predicted octanol–water partition coefficient (Wildman–Crippen LogP) is 5.20. The zero-order valence-corrected chi connectivity index (χ0v) is 15.7. The molecule has 0 heterocycles. The Hall–Kier alpha value is -2.49. The van der Waals surface area contributed by atoms with Crippen LogP contribution in [0.1, 0.15) is 31.9 Å². The Morgan fingerprint density at radius 1 is 1.04 bits per heavy atom. The Kier molecular flexibility index (Phi) is 6.07. The summed E-state index contributed by atoms with van der Waals surface area (Å²) in [6.07, 6.45) is 0.465. The van der Waals surface area contributed by atoms with Crippen LogP contribution in [0.25, 0.3) is 0 Å². The molecule has 0 aliphatic carbocycles. The largest absolute Gasteiger partial charge is 0.457 e. The van der Waals surface area contributed by atoms with Gasteiger partial charge in [-0.05, 0) is 69.5 Å². The number of nitrogens with zero attached hydrogens (tertiary/aromatic N) is 1. The monoisotopic (exact) mass is 341 g/mol. The highest BCUT2D eigenvalue weighted by atomic mass is 16.6. The summed E-state index contributed by atoms with van der Waals surface area (Å²) in [7, 11) is 1.75. The molecule has 4 nitrogen and oxygen atoms in total. The maximum atomic E-state index is 11.9. The van der Waals surface area contributed by atoms with E-state index in [-0.39, 0.29) is 6.09 Å². The van der Waals surface area contributed by atoms with E-state index >= 15 is 0 Å². The van der Waals surface area contributed by atoms with E-state index in [0.717, 1.165) is 23.5 Å². The SMILES string of the molecule is Cc1cccc(Oc2ccc(CCN(C)C(=O)OC(C)(C)C)cc2)c1. The smallest absolute Gasteiger partial charge is 0.410 e. The van der Waals surface area contributed by atoms with Crippen molar-refractivity contribution in [1.29, 1.82) is 0 Å². The van der Waals surface area contributed by atoms with Gasteiger partial charge in [-0.15, -0.1) is 0 Å². The molecule has 2 rings (SSSR count). The zero-order chi connectivity index (χ0) is 18.4. The number of hydrogen-bond acceptors (Lipinski definition) is 3. The molecule has 0 N–H and O–H groups in total. The highest BCUT2D eigenvalue weighted by molar-refractivity contribution is 5.67. The van der Waals surface area contributed by atoms with Gasteiger partial charge in [-0.1, -0.05) is 24.3 Å². The second-order valence-electron chi connectivity index (χ2n) is 7.21. The number of amides is 1. The number of carbonyl (C=O) groups is 1. The predicted molar refractivity (Wildman–Crippen MR) is 100 cm³/mol. The van der Waals surface area contributed by atoms with Crippen molar-refractivity contribution in [2.24, 2.45) is 0 Å². The molecule has 0 radical (unpaired) electrons. The van der Waals surface area contributed by atoms with E-state index in [1.165, 1.54) is 5.56 Å². The van der Waals surface area contributed by atoms with Gasteiger partial charge < -0.3 is 14.4 Å². The summed E-state index contributed by atoms with van der Waals surface area (Å²) in [5.74, 6) is 1.63. The zero-order valence-electron chi connectivity index (χ0n) is 15.7. The quantitative estimate of drug-likeness (QED) is 0.750. The number of ether oxygens (including phenoxy) is 2. The van der Waals surface area contributed by atoms with Gasteiger partial charge in [-0.3, -0.25) is 0 Å². The lowest BCUT2D eigenvalue weighted by Crippen LogP contribution is -2.35. The van der Waals surface area contributed by atoms with Crippen LogP contribution in [0.3, 0.4) is 0 Å². The molecule has 25 heavy (non-hydrogen) atoms. The molecule has 0 saturated heterocycles. The summed E-state index contributed by atoms with van der Waals surface area (Å²) in [5.41, 5.74) is 1.84. The third-order valence-electron chi connectivity index (χ3n) is 3.59. The molecule has 134 valence electrons. The molecule has 0 aromatic heterocycles. The van der Waals surface area contributed by atoms with Crippen molar-refractivity contribution in [3.05, 3.63) is 59.7 Å². The van der Waals surface area contributed by atoms with Crippen LogP contribution in [0, 0.1) is 6.92 Å². The highest BCUT2D eigenvalue weighted by Gasteiger charge is 2.19. The average molecular weight is 341 g/mol. The van der Waals surface area contributed by atoms with Gasteiger partial charge >= 0.3 is 6.09 Å². The van der Waals surface area contributed by atoms with Crippen molar-refractivity contribution in [3.8, 4) is 11.5 Å². The van der Waals surface area contributed by atoms with Crippen LogP contribution >= 0.6 is 0 Å². The first-order chi connectivity index (χ1) is 11.7. The fourth-order valence-electron chi connectivity index (χ4n) is 2.27. The van der Waals surface area contributed by atoms with Gasteiger partial charge in [0.2, 0.25) is 0 Å². The van der Waals surface area contributed by atoms with Gasteiger partial charge in [-0.25, -0.2) is 4.79 Å². The lowest BCUT2D eigenvalue weighted by molar-refractivity contribution is 0.0301. The standard InChI is InChI=1S/C21H27NO3/c1-16-7-6-8-19(15-16)24-18-11-9-17(10-12-18)13-14-22(5)20(23)25-21(2,3)4/h6-12,15H,13-14H2,1-5H3. The summed E-state index contributed by atoms with van der Waals surface area (Å²) in [6, 6.07) is 15.9. The van der Waals surface area contributed by atoms with E-state index in [9.17, 15) is 4.79 Å². The summed E-state index contributed by atoms with van der Waals surface area (Å²) >= 11 is 0. The minimum Gasteiger partial charge on any atom is -0.457 e. The normalized spacial score (nSPS) is 11.1. The average Bonchev–Trinajstić information content (AvgIpc) is 2.52. The van der Waals surface area contributed by atoms with E-state index in [1.54, 1.807) is 11.9 Å². The number of hydrogen-bond donors (Lipinski definition) is 0. The van der Waals surface area contributed by atoms with Crippen LogP contribution in [0.2, 0.25) is 0 Å². The number of aryl methyl sites for hydroxylation is 1. The van der Waals surface area contributed by atoms with Crippen LogP contribution < -0.4 is 4.74 Å². The molecule has 0 fully saturated rings. The minimum absolute atomic E-state index is 0.299. The molecule has 0 bridgehead atoms. The molecule has 0 aliphatic heterocycles. The Labute approximate surface area is 150 Å². The molecule has 0 spiro atoms. The third-order valence-corrected chi connectivity index (χ3v) is 3.59. The number of carbonyl (C=O) groups excluding carboxylic acids is 1. The Balaban J connectivity index is 1.87. The fraction of sp³-hybridized carbons (Fsp3) is 0.381. The second kappa shape index (κ2) is 8.06. The van der Waals surface area contributed by atoms with Crippen LogP contribution in [-0.4, -0.2) is 30.2 Å². The van der Waals surface area contributed by atoms with Crippen LogP contribution in [0.5, 0.6) is 11.5 Å². The molecule has 0 unspecified atom stereocenters. The molecule has 1 amide bonds. The third kappa shape index (κ3) is 6.49. The van der Waals surface area contributed by atoms with Crippen LogP contribution in [-0.2, 0) is 11.2 Å². The lowest BCUT2D eigenvalue weighted by atomic mass is 10.1. The van der Waals surface area contributed by atoms with Gasteiger partial charge in [0.15, 0.2) is 0 Å². The van der Waals surface area contributed by atoms with Crippen LogP contribution in [0.15, 0.2) is 48.5 Å². The van der Waals surface area contributed by atoms with Gasteiger partial charge in [0.25, 0.3) is 0 Å². The fourth-order valence-corrected chi connectivity index (χ4v) is 2.27. The van der Waals surface area contributed by atoms with Crippen molar-refractivity contribution in [2.75, 3.05) is 13.6 Å². The highest BCUT2D eigenvalue weighted by Crippen LogP contribution is 2.22. The molecule has 2 aromatic carbocycles. The van der Waals surface area contributed by atoms with E-state index in [1.807, 2.05) is 76.2 Å². The molecule has 0 aliphatic rings. The topological polar surface area (TPSA) is 38.8 Å². The van der Waals surface area contributed by atoms with Crippen molar-refractivity contribution < 1.29 is 14.3 Å². The number of benzene rings is 2. The second-order valence-corrected chi connectivity index (χ2v) is 7.21. The maximum Gasteiger partial charge on any atom is 0.410 e. The molecule has 4 heteroatoms. The van der Waals surface area contributed by atoms with Gasteiger partial charge in [0.05, 0.1) is 0 Å². The first kappa shape index (κ1) is 18.8. The van der Waals surface area contributed by atoms with Crippen molar-refractivity contribution in [2.45, 2.75) is 39.7 Å². The molecule has 0 saturated carbocycles. The van der Waals surface area contributed by atoms with Crippen molar-refractivity contribution in [3.63, 3.8) is 0 Å². The Bertz CT molecular complexity index is 702. The first-order valence-corrected chi connectivity index (χ1v) is 8.50. The Morgan fingerprint density at radius 2 is 1.72 bits per heavy atom. The summed E-state index contributed by atoms with van der Waals surface area (Å²) in [5, 5.41) is 0. The van der Waals surface area contributed by atoms with Gasteiger partial charge in [0.1, 0.15) is 17.1 Å². The van der Waals surface area contributed by atoms with Crippen LogP contribution in [0.4, 0.5) is 4.79 Å². The summed E-state index contributed by atoms with van der Waals surface area (Å²) in [6.45, 7) is 8.24. The first-order valence-electron chi connectivity index (χ1n) is 8.50. The van der Waals surface area contributed by atoms with Gasteiger partial charge in [0, 0.05) is 13.6 Å². The van der Waals surface area contributed by atoms with E-state index < -0.39 is 5.60 Å².